The highest BCUT2D eigenvalue weighted by atomic mass is 19.1. The molecule has 11 heteroatoms. The summed E-state index contributed by atoms with van der Waals surface area (Å²) in [5.41, 5.74) is 5.11. The van der Waals surface area contributed by atoms with E-state index in [9.17, 15) is 23.6 Å². The van der Waals surface area contributed by atoms with Gasteiger partial charge in [0.1, 0.15) is 18.5 Å². The van der Waals surface area contributed by atoms with Crippen LogP contribution in [-0.2, 0) is 23.8 Å². The summed E-state index contributed by atoms with van der Waals surface area (Å²) in [7, 11) is 0. The van der Waals surface area contributed by atoms with Crippen molar-refractivity contribution in [2.45, 2.75) is 25.6 Å². The Labute approximate surface area is 158 Å². The summed E-state index contributed by atoms with van der Waals surface area (Å²) in [6.07, 6.45) is -2.86. The van der Waals surface area contributed by atoms with Gasteiger partial charge in [-0.1, -0.05) is 6.92 Å². The second-order valence-electron chi connectivity index (χ2n) is 6.15. The van der Waals surface area contributed by atoms with Crippen LogP contribution in [0.5, 0.6) is 0 Å². The van der Waals surface area contributed by atoms with E-state index in [0.717, 1.165) is 11.0 Å². The van der Waals surface area contributed by atoms with Crippen LogP contribution in [0.15, 0.2) is 18.2 Å². The standard InChI is InChI=1S/C17H18FN3O7/c1-2-12(27-15(23)14(19)22)13-8-21(17(25)28-13)9-3-4-11(10(18)7-9)20-5-6-26-16(20)24/h3-4,7,12-13H,2,5-6,8H2,1H3,(H2,19,22)/t12?,13-/m0/s1. The molecular weight excluding hydrogens is 377 g/mol. The number of primary amides is 1. The lowest BCUT2D eigenvalue weighted by Crippen LogP contribution is -2.38. The molecule has 2 heterocycles. The number of nitrogens with two attached hydrogens (primary N) is 1. The van der Waals surface area contributed by atoms with E-state index in [1.807, 2.05) is 0 Å². The minimum Gasteiger partial charge on any atom is -0.451 e. The molecule has 0 saturated carbocycles. The molecule has 2 aliphatic rings. The maximum Gasteiger partial charge on any atom is 0.414 e. The number of cyclic esters (lactones) is 2. The first-order valence-electron chi connectivity index (χ1n) is 8.54. The van der Waals surface area contributed by atoms with Crippen molar-refractivity contribution in [3.63, 3.8) is 0 Å². The second-order valence-corrected chi connectivity index (χ2v) is 6.15. The lowest BCUT2D eigenvalue weighted by atomic mass is 10.1. The number of esters is 1. The third kappa shape index (κ3) is 3.68. The van der Waals surface area contributed by atoms with Gasteiger partial charge in [-0.05, 0) is 24.6 Å². The number of hydrogen-bond donors (Lipinski definition) is 1. The average Bonchev–Trinajstić information content (AvgIpc) is 3.25. The third-order valence-electron chi connectivity index (χ3n) is 4.41. The molecule has 3 rings (SSSR count). The smallest absolute Gasteiger partial charge is 0.414 e. The Morgan fingerprint density at radius 3 is 2.64 bits per heavy atom. The highest BCUT2D eigenvalue weighted by molar-refractivity contribution is 6.31. The Kier molecular flexibility index (Phi) is 5.34. The minimum atomic E-state index is -1.25. The highest BCUT2D eigenvalue weighted by Crippen LogP contribution is 2.30. The molecule has 150 valence electrons. The van der Waals surface area contributed by atoms with E-state index in [4.69, 9.17) is 19.9 Å². The van der Waals surface area contributed by atoms with Gasteiger partial charge in [-0.2, -0.15) is 0 Å². The van der Waals surface area contributed by atoms with Crippen LogP contribution < -0.4 is 15.5 Å². The van der Waals surface area contributed by atoms with Crippen molar-refractivity contribution in [2.24, 2.45) is 5.73 Å². The number of amides is 3. The molecule has 28 heavy (non-hydrogen) atoms. The summed E-state index contributed by atoms with van der Waals surface area (Å²) in [5, 5.41) is 0. The molecule has 2 aliphatic heterocycles. The third-order valence-corrected chi connectivity index (χ3v) is 4.41. The lowest BCUT2D eigenvalue weighted by Gasteiger charge is -2.20. The van der Waals surface area contributed by atoms with E-state index in [2.05, 4.69) is 0 Å². The zero-order valence-electron chi connectivity index (χ0n) is 14.9. The number of hydrogen-bond acceptors (Lipinski definition) is 7. The van der Waals surface area contributed by atoms with Gasteiger partial charge in [-0.25, -0.2) is 18.8 Å². The number of rotatable bonds is 5. The van der Waals surface area contributed by atoms with E-state index in [1.54, 1.807) is 6.92 Å². The number of nitrogens with zero attached hydrogens (tertiary/aromatic N) is 2. The maximum absolute atomic E-state index is 14.5. The molecule has 2 saturated heterocycles. The Hall–Kier alpha value is -3.37. The molecular formula is C17H18FN3O7. The zero-order valence-corrected chi connectivity index (χ0v) is 14.9. The maximum atomic E-state index is 14.5. The SMILES string of the molecule is CCC(OC(=O)C(N)=O)[C@@H]1CN(c2ccc(N3CCOC3=O)c(F)c2)C(=O)O1. The first kappa shape index (κ1) is 19.4. The van der Waals surface area contributed by atoms with Crippen molar-refractivity contribution < 1.29 is 37.8 Å². The summed E-state index contributed by atoms with van der Waals surface area (Å²) >= 11 is 0. The highest BCUT2D eigenvalue weighted by Gasteiger charge is 2.39. The van der Waals surface area contributed by atoms with Gasteiger partial charge >= 0.3 is 24.1 Å². The summed E-state index contributed by atoms with van der Waals surface area (Å²) in [4.78, 5) is 48.4. The summed E-state index contributed by atoms with van der Waals surface area (Å²) in [6, 6.07) is 3.92. The van der Waals surface area contributed by atoms with Gasteiger partial charge in [-0.3, -0.25) is 14.6 Å². The Morgan fingerprint density at radius 1 is 1.32 bits per heavy atom. The fraction of sp³-hybridized carbons (Fsp3) is 0.412. The molecule has 0 aromatic heterocycles. The van der Waals surface area contributed by atoms with Crippen molar-refractivity contribution in [2.75, 3.05) is 29.5 Å². The number of carbonyl (C=O) groups excluding carboxylic acids is 4. The summed E-state index contributed by atoms with van der Waals surface area (Å²) < 4.78 is 29.4. The molecule has 0 radical (unpaired) electrons. The number of anilines is 2. The Morgan fingerprint density at radius 2 is 2.07 bits per heavy atom. The molecule has 1 aromatic rings. The molecule has 2 atom stereocenters. The molecule has 0 bridgehead atoms. The number of ether oxygens (including phenoxy) is 3. The number of benzene rings is 1. The van der Waals surface area contributed by atoms with E-state index in [0.29, 0.717) is 0 Å². The largest absolute Gasteiger partial charge is 0.451 e. The van der Waals surface area contributed by atoms with Gasteiger partial charge in [0.15, 0.2) is 6.10 Å². The predicted molar refractivity (Wildman–Crippen MR) is 92.1 cm³/mol. The first-order valence-corrected chi connectivity index (χ1v) is 8.54. The van der Waals surface area contributed by atoms with Crippen molar-refractivity contribution in [1.82, 2.24) is 0 Å². The molecule has 1 aromatic carbocycles. The van der Waals surface area contributed by atoms with Crippen molar-refractivity contribution in [3.8, 4) is 0 Å². The normalized spacial score (nSPS) is 20.0. The Balaban J connectivity index is 1.74. The van der Waals surface area contributed by atoms with Crippen LogP contribution in [0, 0.1) is 5.82 Å². The lowest BCUT2D eigenvalue weighted by molar-refractivity contribution is -0.161. The molecule has 10 nitrogen and oxygen atoms in total. The monoisotopic (exact) mass is 395 g/mol. The van der Waals surface area contributed by atoms with Crippen LogP contribution >= 0.6 is 0 Å². The second kappa shape index (κ2) is 7.71. The van der Waals surface area contributed by atoms with E-state index in [1.165, 1.54) is 17.0 Å². The summed E-state index contributed by atoms with van der Waals surface area (Å²) in [6.45, 7) is 2.06. The van der Waals surface area contributed by atoms with Gasteiger partial charge in [0, 0.05) is 0 Å². The number of halogens is 1. The van der Waals surface area contributed by atoms with Gasteiger partial charge in [0.05, 0.1) is 24.5 Å². The Bertz CT molecular complexity index is 831. The molecule has 0 aliphatic carbocycles. The molecule has 3 amide bonds. The van der Waals surface area contributed by atoms with Crippen LogP contribution in [0.25, 0.3) is 0 Å². The quantitative estimate of drug-likeness (QED) is 0.446. The molecule has 2 fully saturated rings. The topological polar surface area (TPSA) is 128 Å². The molecule has 1 unspecified atom stereocenters. The van der Waals surface area contributed by atoms with Gasteiger partial charge < -0.3 is 19.9 Å². The van der Waals surface area contributed by atoms with Crippen molar-refractivity contribution in [3.05, 3.63) is 24.0 Å². The summed E-state index contributed by atoms with van der Waals surface area (Å²) in [5.74, 6) is -3.19. The van der Waals surface area contributed by atoms with Gasteiger partial charge in [-0.15, -0.1) is 0 Å². The van der Waals surface area contributed by atoms with Gasteiger partial charge in [0.25, 0.3) is 0 Å². The van der Waals surface area contributed by atoms with E-state index < -0.39 is 42.1 Å². The first-order chi connectivity index (χ1) is 13.3. The van der Waals surface area contributed by atoms with Gasteiger partial charge in [0.2, 0.25) is 0 Å². The van der Waals surface area contributed by atoms with Crippen LogP contribution in [0.1, 0.15) is 13.3 Å². The van der Waals surface area contributed by atoms with Crippen LogP contribution in [0.3, 0.4) is 0 Å². The zero-order chi connectivity index (χ0) is 20.4. The molecule has 2 N–H and O–H groups in total. The predicted octanol–water partition coefficient (Wildman–Crippen LogP) is 0.915. The number of carbonyl (C=O) groups is 4. The van der Waals surface area contributed by atoms with E-state index >= 15 is 0 Å². The van der Waals surface area contributed by atoms with E-state index in [-0.39, 0.29) is 37.5 Å². The average molecular weight is 395 g/mol. The fourth-order valence-electron chi connectivity index (χ4n) is 3.00. The van der Waals surface area contributed by atoms with Crippen LogP contribution in [0.4, 0.5) is 25.4 Å². The van der Waals surface area contributed by atoms with Crippen molar-refractivity contribution in [1.29, 1.82) is 0 Å². The van der Waals surface area contributed by atoms with Crippen LogP contribution in [0.2, 0.25) is 0 Å². The van der Waals surface area contributed by atoms with Crippen LogP contribution in [-0.4, -0.2) is 56.0 Å². The van der Waals surface area contributed by atoms with Crippen molar-refractivity contribution >= 4 is 35.4 Å². The molecule has 0 spiro atoms. The fourth-order valence-corrected chi connectivity index (χ4v) is 3.00. The minimum absolute atomic E-state index is 0.0199.